The fourth-order valence-corrected chi connectivity index (χ4v) is 4.24. The van der Waals surface area contributed by atoms with E-state index in [0.29, 0.717) is 26.8 Å². The summed E-state index contributed by atoms with van der Waals surface area (Å²) < 4.78 is 2.89. The molecule has 0 unspecified atom stereocenters. The molecule has 0 saturated carbocycles. The molecule has 29 heavy (non-hydrogen) atoms. The van der Waals surface area contributed by atoms with Crippen LogP contribution in [-0.4, -0.2) is 26.4 Å². The Morgan fingerprint density at radius 2 is 1.90 bits per heavy atom. The number of rotatable bonds is 7. The zero-order valence-electron chi connectivity index (χ0n) is 15.8. The Kier molecular flexibility index (Phi) is 7.62. The molecule has 152 valence electrons. The minimum absolute atomic E-state index is 0.161. The number of amides is 1. The number of carbonyl (C=O) groups is 1. The van der Waals surface area contributed by atoms with Gasteiger partial charge in [-0.1, -0.05) is 64.7 Å². The second-order valence-corrected chi connectivity index (χ2v) is 9.48. The molecule has 9 heteroatoms. The number of hydrogen-bond acceptors (Lipinski definition) is 4. The Balaban J connectivity index is 1.74. The number of benzene rings is 2. The van der Waals surface area contributed by atoms with Gasteiger partial charge >= 0.3 is 0 Å². The monoisotopic (exact) mass is 512 g/mol. The van der Waals surface area contributed by atoms with Gasteiger partial charge in [-0.3, -0.25) is 4.79 Å². The lowest BCUT2D eigenvalue weighted by Crippen LogP contribution is -2.15. The third kappa shape index (κ3) is 5.98. The van der Waals surface area contributed by atoms with Crippen LogP contribution in [0.15, 0.2) is 52.1 Å². The third-order valence-electron chi connectivity index (χ3n) is 3.90. The number of hydrogen-bond donors (Lipinski definition) is 1. The summed E-state index contributed by atoms with van der Waals surface area (Å²) in [7, 11) is 0. The van der Waals surface area contributed by atoms with Crippen LogP contribution in [0.3, 0.4) is 0 Å². The molecule has 0 radical (unpaired) electrons. The predicted molar refractivity (Wildman–Crippen MR) is 124 cm³/mol. The van der Waals surface area contributed by atoms with Crippen molar-refractivity contribution in [3.05, 3.63) is 57.0 Å². The highest BCUT2D eigenvalue weighted by atomic mass is 79.9. The lowest BCUT2D eigenvalue weighted by molar-refractivity contribution is -0.113. The average Bonchev–Trinajstić information content (AvgIpc) is 3.05. The second kappa shape index (κ2) is 9.98. The third-order valence-corrected chi connectivity index (χ3v) is 5.93. The fraction of sp³-hybridized carbons (Fsp3) is 0.250. The number of halogens is 3. The van der Waals surface area contributed by atoms with Crippen molar-refractivity contribution in [2.24, 2.45) is 5.92 Å². The Bertz CT molecular complexity index is 1010. The van der Waals surface area contributed by atoms with Gasteiger partial charge in [0.15, 0.2) is 11.0 Å². The molecule has 0 aliphatic rings. The van der Waals surface area contributed by atoms with Crippen LogP contribution in [0.25, 0.3) is 11.4 Å². The van der Waals surface area contributed by atoms with E-state index in [9.17, 15) is 4.79 Å². The van der Waals surface area contributed by atoms with Gasteiger partial charge in [-0.2, -0.15) is 0 Å². The molecule has 0 bridgehead atoms. The molecule has 2 aromatic carbocycles. The van der Waals surface area contributed by atoms with Gasteiger partial charge in [0.1, 0.15) is 0 Å². The molecule has 5 nitrogen and oxygen atoms in total. The van der Waals surface area contributed by atoms with E-state index in [2.05, 4.69) is 45.3 Å². The van der Waals surface area contributed by atoms with E-state index in [1.165, 1.54) is 11.8 Å². The number of nitrogens with zero attached hydrogens (tertiary/aromatic N) is 3. The molecule has 0 saturated heterocycles. The number of anilines is 1. The normalized spacial score (nSPS) is 11.1. The first-order valence-corrected chi connectivity index (χ1v) is 11.4. The maximum absolute atomic E-state index is 12.4. The summed E-state index contributed by atoms with van der Waals surface area (Å²) >= 11 is 16.9. The molecule has 0 spiro atoms. The number of thioether (sulfide) groups is 1. The van der Waals surface area contributed by atoms with Crippen molar-refractivity contribution in [2.75, 3.05) is 11.1 Å². The molecule has 0 aliphatic heterocycles. The van der Waals surface area contributed by atoms with Crippen molar-refractivity contribution in [1.29, 1.82) is 0 Å². The maximum Gasteiger partial charge on any atom is 0.234 e. The molecule has 3 aromatic rings. The Labute approximate surface area is 192 Å². The summed E-state index contributed by atoms with van der Waals surface area (Å²) in [6, 6.07) is 12.8. The van der Waals surface area contributed by atoms with Gasteiger partial charge in [-0.25, -0.2) is 0 Å². The molecule has 3 rings (SSSR count). The molecule has 0 atom stereocenters. The summed E-state index contributed by atoms with van der Waals surface area (Å²) in [5.41, 5.74) is 1.51. The topological polar surface area (TPSA) is 59.8 Å². The van der Waals surface area contributed by atoms with E-state index in [0.717, 1.165) is 22.4 Å². The maximum atomic E-state index is 12.4. The quantitative estimate of drug-likeness (QED) is 0.371. The summed E-state index contributed by atoms with van der Waals surface area (Å²) in [5, 5.41) is 13.3. The lowest BCUT2D eigenvalue weighted by atomic mass is 10.2. The minimum atomic E-state index is -0.161. The van der Waals surface area contributed by atoms with E-state index in [1.807, 2.05) is 34.9 Å². The Morgan fingerprint density at radius 1 is 1.17 bits per heavy atom. The molecular weight excluding hydrogens is 495 g/mol. The van der Waals surface area contributed by atoms with E-state index in [-0.39, 0.29) is 11.7 Å². The number of aromatic nitrogens is 3. The Morgan fingerprint density at radius 3 is 2.55 bits per heavy atom. The van der Waals surface area contributed by atoms with Crippen LogP contribution in [0.2, 0.25) is 10.0 Å². The second-order valence-electron chi connectivity index (χ2n) is 6.78. The van der Waals surface area contributed by atoms with Crippen LogP contribution in [0.1, 0.15) is 13.8 Å². The first-order chi connectivity index (χ1) is 13.8. The molecule has 1 amide bonds. The SMILES string of the molecule is CC(C)Cn1c(SCC(=O)Nc2ccc(Br)cc2Cl)nnc1-c1ccc(Cl)cc1. The zero-order valence-corrected chi connectivity index (χ0v) is 19.7. The highest BCUT2D eigenvalue weighted by Gasteiger charge is 2.17. The number of nitrogens with one attached hydrogen (secondary N) is 1. The average molecular weight is 514 g/mol. The molecular formula is C20H19BrCl2N4OS. The highest BCUT2D eigenvalue weighted by molar-refractivity contribution is 9.10. The summed E-state index contributed by atoms with van der Waals surface area (Å²) in [6.45, 7) is 5.00. The fourth-order valence-electron chi connectivity index (χ4n) is 2.64. The van der Waals surface area contributed by atoms with Crippen molar-refractivity contribution >= 4 is 62.5 Å². The van der Waals surface area contributed by atoms with Crippen LogP contribution in [0.5, 0.6) is 0 Å². The molecule has 1 heterocycles. The first kappa shape index (κ1) is 22.2. The zero-order chi connectivity index (χ0) is 21.0. The van der Waals surface area contributed by atoms with Gasteiger partial charge in [0.2, 0.25) is 5.91 Å². The predicted octanol–water partition coefficient (Wildman–Crippen LogP) is 6.40. The number of carbonyl (C=O) groups excluding carboxylic acids is 1. The lowest BCUT2D eigenvalue weighted by Gasteiger charge is -2.13. The molecule has 0 fully saturated rings. The molecule has 1 N–H and O–H groups in total. The highest BCUT2D eigenvalue weighted by Crippen LogP contribution is 2.28. The van der Waals surface area contributed by atoms with Gasteiger partial charge in [0, 0.05) is 21.6 Å². The van der Waals surface area contributed by atoms with E-state index < -0.39 is 0 Å². The largest absolute Gasteiger partial charge is 0.324 e. The van der Waals surface area contributed by atoms with Crippen LogP contribution >= 0.6 is 50.9 Å². The van der Waals surface area contributed by atoms with Crippen molar-refractivity contribution in [3.63, 3.8) is 0 Å². The van der Waals surface area contributed by atoms with Gasteiger partial charge < -0.3 is 9.88 Å². The summed E-state index contributed by atoms with van der Waals surface area (Å²) in [5.74, 6) is 1.19. The standard InChI is InChI=1S/C20H19BrCl2N4OS/c1-12(2)10-27-19(13-3-6-15(22)7-4-13)25-26-20(27)29-11-18(28)24-17-8-5-14(21)9-16(17)23/h3-9,12H,10-11H2,1-2H3,(H,24,28). The van der Waals surface area contributed by atoms with Crippen molar-refractivity contribution in [1.82, 2.24) is 14.8 Å². The van der Waals surface area contributed by atoms with E-state index in [4.69, 9.17) is 23.2 Å². The van der Waals surface area contributed by atoms with Crippen LogP contribution < -0.4 is 5.32 Å². The molecule has 0 aliphatic carbocycles. The van der Waals surface area contributed by atoms with Crippen molar-refractivity contribution in [2.45, 2.75) is 25.5 Å². The smallest absolute Gasteiger partial charge is 0.234 e. The van der Waals surface area contributed by atoms with Gasteiger partial charge in [0.05, 0.1) is 16.5 Å². The van der Waals surface area contributed by atoms with Crippen molar-refractivity contribution < 1.29 is 4.79 Å². The molecule has 1 aromatic heterocycles. The summed E-state index contributed by atoms with van der Waals surface area (Å²) in [6.07, 6.45) is 0. The summed E-state index contributed by atoms with van der Waals surface area (Å²) in [4.78, 5) is 12.4. The van der Waals surface area contributed by atoms with Crippen molar-refractivity contribution in [3.8, 4) is 11.4 Å². The van der Waals surface area contributed by atoms with Gasteiger partial charge in [-0.05, 0) is 48.4 Å². The van der Waals surface area contributed by atoms with E-state index >= 15 is 0 Å². The van der Waals surface area contributed by atoms with Crippen LogP contribution in [-0.2, 0) is 11.3 Å². The first-order valence-electron chi connectivity index (χ1n) is 8.90. The van der Waals surface area contributed by atoms with Crippen LogP contribution in [0, 0.1) is 5.92 Å². The Hall–Kier alpha value is -1.54. The van der Waals surface area contributed by atoms with Crippen LogP contribution in [0.4, 0.5) is 5.69 Å². The van der Waals surface area contributed by atoms with Gasteiger partial charge in [-0.15, -0.1) is 10.2 Å². The van der Waals surface area contributed by atoms with Gasteiger partial charge in [0.25, 0.3) is 0 Å². The minimum Gasteiger partial charge on any atom is -0.324 e. The van der Waals surface area contributed by atoms with E-state index in [1.54, 1.807) is 12.1 Å².